The average Bonchev–Trinajstić information content (AvgIpc) is 2.89. The molecule has 2 aromatic rings. The Morgan fingerprint density at radius 3 is 2.72 bits per heavy atom. The van der Waals surface area contributed by atoms with E-state index >= 15 is 0 Å². The van der Waals surface area contributed by atoms with E-state index in [-0.39, 0.29) is 5.78 Å². The number of aromatic nitrogens is 3. The number of nitrogens with one attached hydrogen (secondary N) is 2. The van der Waals surface area contributed by atoms with Gasteiger partial charge in [-0.2, -0.15) is 5.10 Å². The van der Waals surface area contributed by atoms with Gasteiger partial charge in [-0.05, 0) is 17.8 Å². The Labute approximate surface area is 107 Å². The number of hydrogen-bond acceptors (Lipinski definition) is 5. The number of H-pyrrole nitrogens is 1. The van der Waals surface area contributed by atoms with Crippen molar-refractivity contribution in [3.8, 4) is 0 Å². The van der Waals surface area contributed by atoms with Gasteiger partial charge in [-0.3, -0.25) is 9.89 Å². The van der Waals surface area contributed by atoms with Gasteiger partial charge in [-0.15, -0.1) is 0 Å². The lowest BCUT2D eigenvalue weighted by molar-refractivity contribution is 0.104. The van der Waals surface area contributed by atoms with Crippen LogP contribution in [0.5, 0.6) is 0 Å². The molecule has 88 valence electrons. The molecule has 1 aromatic carbocycles. The lowest BCUT2D eigenvalue weighted by Crippen LogP contribution is -2.15. The zero-order chi connectivity index (χ0) is 12.5. The van der Waals surface area contributed by atoms with Gasteiger partial charge in [-0.1, -0.05) is 24.3 Å². The summed E-state index contributed by atoms with van der Waals surface area (Å²) in [5.74, 6) is -0.0806. The number of nitrogens with zero attached hydrogens (tertiary/aromatic N) is 2. The molecule has 0 atom stereocenters. The van der Waals surface area contributed by atoms with Gasteiger partial charge < -0.3 is 5.41 Å². The van der Waals surface area contributed by atoms with Crippen molar-refractivity contribution in [1.29, 1.82) is 5.41 Å². The van der Waals surface area contributed by atoms with E-state index in [1.54, 1.807) is 24.3 Å². The molecule has 0 spiro atoms. The van der Waals surface area contributed by atoms with Crippen molar-refractivity contribution in [2.45, 2.75) is 5.16 Å². The van der Waals surface area contributed by atoms with Crippen LogP contribution in [0, 0.1) is 5.41 Å². The first kappa shape index (κ1) is 10.9. The maximum Gasteiger partial charge on any atom is 0.200 e. The number of fused-ring (bicyclic) bond motifs is 1. The van der Waals surface area contributed by atoms with Crippen LogP contribution in [0.1, 0.15) is 15.9 Å². The van der Waals surface area contributed by atoms with Crippen LogP contribution >= 0.6 is 11.8 Å². The number of Topliss-reactive ketones (excluding diaryl/α,β-unsaturated/α-hetero) is 1. The van der Waals surface area contributed by atoms with Gasteiger partial charge in [0.25, 0.3) is 0 Å². The summed E-state index contributed by atoms with van der Waals surface area (Å²) in [4.78, 5) is 16.7. The van der Waals surface area contributed by atoms with Crippen LogP contribution in [0.15, 0.2) is 46.7 Å². The van der Waals surface area contributed by atoms with E-state index in [1.165, 1.54) is 18.1 Å². The van der Waals surface area contributed by atoms with E-state index in [1.807, 2.05) is 6.07 Å². The molecule has 1 aliphatic rings. The number of benzene rings is 1. The van der Waals surface area contributed by atoms with Crippen LogP contribution in [0.3, 0.4) is 0 Å². The number of carbonyl (C=O) groups excluding carboxylic acids is 1. The fourth-order valence-electron chi connectivity index (χ4n) is 1.75. The van der Waals surface area contributed by atoms with Crippen LogP contribution in [-0.4, -0.2) is 26.7 Å². The van der Waals surface area contributed by atoms with Crippen molar-refractivity contribution in [3.63, 3.8) is 0 Å². The molecule has 0 unspecified atom stereocenters. The first-order valence-electron chi connectivity index (χ1n) is 5.23. The van der Waals surface area contributed by atoms with E-state index in [4.69, 9.17) is 5.41 Å². The Kier molecular flexibility index (Phi) is 2.56. The van der Waals surface area contributed by atoms with Gasteiger partial charge in [-0.25, -0.2) is 4.98 Å². The van der Waals surface area contributed by atoms with Crippen molar-refractivity contribution in [3.05, 3.63) is 52.7 Å². The van der Waals surface area contributed by atoms with Crippen molar-refractivity contribution in [1.82, 2.24) is 15.2 Å². The third-order valence-electron chi connectivity index (χ3n) is 2.56. The summed E-state index contributed by atoms with van der Waals surface area (Å²) in [7, 11) is 0. The molecule has 3 rings (SSSR count). The van der Waals surface area contributed by atoms with Gasteiger partial charge in [0.05, 0.1) is 10.6 Å². The zero-order valence-electron chi connectivity index (χ0n) is 9.18. The van der Waals surface area contributed by atoms with Crippen molar-refractivity contribution in [2.24, 2.45) is 0 Å². The normalized spacial score (nSPS) is 14.3. The Hall–Kier alpha value is -2.21. The Morgan fingerprint density at radius 1 is 1.22 bits per heavy atom. The maximum atomic E-state index is 12.2. The molecule has 0 radical (unpaired) electrons. The van der Waals surface area contributed by atoms with E-state index in [9.17, 15) is 4.79 Å². The number of aromatic amines is 1. The number of thioether (sulfide) groups is 1. The highest BCUT2D eigenvalue weighted by Crippen LogP contribution is 2.31. The fraction of sp³-hybridized carbons (Fsp3) is 0. The quantitative estimate of drug-likeness (QED) is 0.861. The summed E-state index contributed by atoms with van der Waals surface area (Å²) < 4.78 is 0. The van der Waals surface area contributed by atoms with Gasteiger partial charge in [0.1, 0.15) is 6.33 Å². The smallest absolute Gasteiger partial charge is 0.200 e. The first-order chi connectivity index (χ1) is 8.75. The Morgan fingerprint density at radius 2 is 2.00 bits per heavy atom. The average molecular weight is 256 g/mol. The Bertz CT molecular complexity index is 660. The largest absolute Gasteiger partial charge is 0.300 e. The highest BCUT2D eigenvalue weighted by Gasteiger charge is 2.24. The standard InChI is InChI=1S/C12H8N4OS/c13-9-5-10(18-12-14-6-15-16-12)11(17)8-4-2-1-3-7(8)9/h1-6,13H,(H,14,15,16). The van der Waals surface area contributed by atoms with Crippen LogP contribution in [0.2, 0.25) is 0 Å². The van der Waals surface area contributed by atoms with E-state index in [0.29, 0.717) is 26.9 Å². The summed E-state index contributed by atoms with van der Waals surface area (Å²) in [5, 5.41) is 14.9. The SMILES string of the molecule is N=C1C=C(Sc2ncn[nH]2)C(=O)c2ccccc21. The molecule has 2 N–H and O–H groups in total. The predicted octanol–water partition coefficient (Wildman–Crippen LogP) is 2.05. The third-order valence-corrected chi connectivity index (χ3v) is 3.47. The number of ketones is 1. The lowest BCUT2D eigenvalue weighted by atomic mass is 9.94. The molecule has 6 heteroatoms. The first-order valence-corrected chi connectivity index (χ1v) is 6.05. The second kappa shape index (κ2) is 4.23. The van der Waals surface area contributed by atoms with Crippen molar-refractivity contribution in [2.75, 3.05) is 0 Å². The second-order valence-corrected chi connectivity index (χ2v) is 4.72. The minimum absolute atomic E-state index is 0.0806. The summed E-state index contributed by atoms with van der Waals surface area (Å²) >= 11 is 1.19. The van der Waals surface area contributed by atoms with E-state index in [2.05, 4.69) is 15.2 Å². The molecular formula is C12H8N4OS. The van der Waals surface area contributed by atoms with Crippen molar-refractivity contribution >= 4 is 23.3 Å². The molecule has 0 saturated heterocycles. The Balaban J connectivity index is 1.99. The van der Waals surface area contributed by atoms with Gasteiger partial charge in [0.15, 0.2) is 5.16 Å². The lowest BCUT2D eigenvalue weighted by Gasteiger charge is -2.14. The molecule has 1 heterocycles. The molecule has 1 aliphatic carbocycles. The van der Waals surface area contributed by atoms with Crippen molar-refractivity contribution < 1.29 is 4.79 Å². The summed E-state index contributed by atoms with van der Waals surface area (Å²) in [6.07, 6.45) is 2.95. The van der Waals surface area contributed by atoms with Gasteiger partial charge in [0.2, 0.25) is 5.78 Å². The number of rotatable bonds is 2. The summed E-state index contributed by atoms with van der Waals surface area (Å²) in [6.45, 7) is 0. The minimum atomic E-state index is -0.0806. The maximum absolute atomic E-state index is 12.2. The molecule has 0 saturated carbocycles. The molecule has 0 aliphatic heterocycles. The molecule has 0 amide bonds. The molecule has 0 fully saturated rings. The number of hydrogen-bond donors (Lipinski definition) is 2. The van der Waals surface area contributed by atoms with Crippen LogP contribution in [0.4, 0.5) is 0 Å². The molecule has 18 heavy (non-hydrogen) atoms. The third kappa shape index (κ3) is 1.76. The van der Waals surface area contributed by atoms with Crippen LogP contribution in [-0.2, 0) is 0 Å². The minimum Gasteiger partial charge on any atom is -0.300 e. The van der Waals surface area contributed by atoms with Crippen LogP contribution < -0.4 is 0 Å². The zero-order valence-corrected chi connectivity index (χ0v) is 9.99. The van der Waals surface area contributed by atoms with Crippen LogP contribution in [0.25, 0.3) is 0 Å². The molecule has 1 aromatic heterocycles. The summed E-state index contributed by atoms with van der Waals surface area (Å²) in [5.41, 5.74) is 1.57. The number of carbonyl (C=O) groups is 1. The monoisotopic (exact) mass is 256 g/mol. The molecule has 5 nitrogen and oxygen atoms in total. The highest BCUT2D eigenvalue weighted by molar-refractivity contribution is 8.03. The van der Waals surface area contributed by atoms with Gasteiger partial charge in [0, 0.05) is 11.1 Å². The number of allylic oxidation sites excluding steroid dienone is 2. The molecular weight excluding hydrogens is 248 g/mol. The summed E-state index contributed by atoms with van der Waals surface area (Å²) in [6, 6.07) is 7.14. The highest BCUT2D eigenvalue weighted by atomic mass is 32.2. The predicted molar refractivity (Wildman–Crippen MR) is 67.9 cm³/mol. The topological polar surface area (TPSA) is 82.5 Å². The van der Waals surface area contributed by atoms with E-state index in [0.717, 1.165) is 0 Å². The second-order valence-electron chi connectivity index (χ2n) is 3.69. The fourth-order valence-corrected chi connectivity index (χ4v) is 2.53. The molecule has 0 bridgehead atoms. The van der Waals surface area contributed by atoms with E-state index < -0.39 is 0 Å². The van der Waals surface area contributed by atoms with Gasteiger partial charge >= 0.3 is 0 Å².